The molecule has 0 fully saturated rings. The second kappa shape index (κ2) is 8.21. The Morgan fingerprint density at radius 1 is 1.00 bits per heavy atom. The quantitative estimate of drug-likeness (QED) is 0.345. The number of hydrogen-bond acceptors (Lipinski definition) is 3. The van der Waals surface area contributed by atoms with Crippen LogP contribution in [0.4, 0.5) is 0 Å². The Morgan fingerprint density at radius 3 is 2.00 bits per heavy atom. The number of unbranched alkanes of at least 4 members (excludes halogenated alkanes) is 1. The lowest BCUT2D eigenvalue weighted by molar-refractivity contribution is 0.196. The van der Waals surface area contributed by atoms with E-state index >= 15 is 0 Å². The van der Waals surface area contributed by atoms with E-state index in [9.17, 15) is 0 Å². The summed E-state index contributed by atoms with van der Waals surface area (Å²) in [5, 5.41) is 0. The van der Waals surface area contributed by atoms with Gasteiger partial charge < -0.3 is 13.0 Å². The van der Waals surface area contributed by atoms with Gasteiger partial charge in [-0.2, -0.15) is 0 Å². The van der Waals surface area contributed by atoms with E-state index in [1.54, 1.807) is 0 Å². The smallest absolute Gasteiger partial charge is 0.322 e. The Morgan fingerprint density at radius 2 is 1.53 bits per heavy atom. The first kappa shape index (κ1) is 17.1. The first-order chi connectivity index (χ1) is 7.83. The Hall–Kier alpha value is 0.0538. The van der Waals surface area contributed by atoms with E-state index in [0.717, 1.165) is 25.9 Å². The maximum atomic E-state index is 6.12. The van der Waals surface area contributed by atoms with Gasteiger partial charge in [0, 0.05) is 13.2 Å². The van der Waals surface area contributed by atoms with Crippen LogP contribution in [0.5, 0.6) is 0 Å². The molecule has 0 N–H and O–H groups in total. The van der Waals surface area contributed by atoms with Gasteiger partial charge >= 0.3 is 17.1 Å². The zero-order valence-electron chi connectivity index (χ0n) is 12.0. The standard InChI is InChI=1S/C12H28O3Si2/c1-7-9-11-13-16(3,4)15-17(5,6)14-12-10-8-2/h7H,1,8-12H2,2-6H3. The van der Waals surface area contributed by atoms with Gasteiger partial charge in [0.2, 0.25) is 0 Å². The summed E-state index contributed by atoms with van der Waals surface area (Å²) in [6.07, 6.45) is 4.99. The normalized spacial score (nSPS) is 12.8. The maximum absolute atomic E-state index is 6.12. The number of hydrogen-bond donors (Lipinski definition) is 0. The molecule has 0 radical (unpaired) electrons. The molecule has 0 aromatic rings. The first-order valence-corrected chi connectivity index (χ1v) is 12.1. The third-order valence-electron chi connectivity index (χ3n) is 2.21. The molecule has 0 amide bonds. The van der Waals surface area contributed by atoms with Gasteiger partial charge in [0.1, 0.15) is 0 Å². The van der Waals surface area contributed by atoms with Crippen molar-refractivity contribution in [2.45, 2.75) is 52.4 Å². The molecule has 0 aliphatic rings. The Balaban J connectivity index is 4.03. The minimum Gasteiger partial charge on any atom is -0.415 e. The summed E-state index contributed by atoms with van der Waals surface area (Å²) in [6.45, 7) is 15.7. The summed E-state index contributed by atoms with van der Waals surface area (Å²) in [5.41, 5.74) is 0. The summed E-state index contributed by atoms with van der Waals surface area (Å²) >= 11 is 0. The van der Waals surface area contributed by atoms with E-state index < -0.39 is 17.1 Å². The van der Waals surface area contributed by atoms with Crippen LogP contribution >= 0.6 is 0 Å². The molecular weight excluding hydrogens is 248 g/mol. The highest BCUT2D eigenvalue weighted by Crippen LogP contribution is 2.17. The third kappa shape index (κ3) is 9.73. The predicted octanol–water partition coefficient (Wildman–Crippen LogP) is 3.82. The summed E-state index contributed by atoms with van der Waals surface area (Å²) in [4.78, 5) is 0. The lowest BCUT2D eigenvalue weighted by Gasteiger charge is -2.32. The molecule has 17 heavy (non-hydrogen) atoms. The molecular formula is C12H28O3Si2. The van der Waals surface area contributed by atoms with E-state index in [1.165, 1.54) is 0 Å². The van der Waals surface area contributed by atoms with E-state index in [-0.39, 0.29) is 0 Å². The van der Waals surface area contributed by atoms with Gasteiger partial charge in [-0.1, -0.05) is 19.4 Å². The van der Waals surface area contributed by atoms with E-state index in [1.807, 2.05) is 6.08 Å². The van der Waals surface area contributed by atoms with Crippen molar-refractivity contribution >= 4 is 17.1 Å². The summed E-state index contributed by atoms with van der Waals surface area (Å²) in [7, 11) is -4.07. The van der Waals surface area contributed by atoms with Crippen LogP contribution < -0.4 is 0 Å². The largest absolute Gasteiger partial charge is 0.415 e. The highest BCUT2D eigenvalue weighted by atomic mass is 28.5. The first-order valence-electron chi connectivity index (χ1n) is 6.42. The van der Waals surface area contributed by atoms with Crippen molar-refractivity contribution in [1.82, 2.24) is 0 Å². The fraction of sp³-hybridized carbons (Fsp3) is 0.833. The highest BCUT2D eigenvalue weighted by Gasteiger charge is 2.36. The summed E-state index contributed by atoms with van der Waals surface area (Å²) in [6, 6.07) is 0. The SMILES string of the molecule is C=CCCO[Si](C)(C)O[Si](C)(C)OCCCC. The molecule has 0 unspecified atom stereocenters. The maximum Gasteiger partial charge on any atom is 0.322 e. The van der Waals surface area contributed by atoms with Crippen LogP contribution in [0.3, 0.4) is 0 Å². The molecule has 0 saturated carbocycles. The molecule has 102 valence electrons. The van der Waals surface area contributed by atoms with Crippen LogP contribution in [0.25, 0.3) is 0 Å². The lowest BCUT2D eigenvalue weighted by atomic mass is 10.4. The van der Waals surface area contributed by atoms with Gasteiger partial charge in [0.15, 0.2) is 0 Å². The monoisotopic (exact) mass is 276 g/mol. The zero-order valence-corrected chi connectivity index (χ0v) is 14.0. The average Bonchev–Trinajstić information content (AvgIpc) is 2.16. The molecule has 3 nitrogen and oxygen atoms in total. The Kier molecular flexibility index (Phi) is 8.23. The molecule has 0 aromatic carbocycles. The molecule has 5 heteroatoms. The van der Waals surface area contributed by atoms with E-state index in [2.05, 4.69) is 39.7 Å². The van der Waals surface area contributed by atoms with Gasteiger partial charge in [-0.05, 0) is 39.0 Å². The fourth-order valence-electron chi connectivity index (χ4n) is 1.50. The van der Waals surface area contributed by atoms with Crippen molar-refractivity contribution in [3.8, 4) is 0 Å². The molecule has 0 aliphatic heterocycles. The van der Waals surface area contributed by atoms with Crippen LogP contribution in [0.1, 0.15) is 26.2 Å². The zero-order chi connectivity index (χ0) is 13.4. The minimum absolute atomic E-state index is 0.697. The van der Waals surface area contributed by atoms with Crippen LogP contribution in [0, 0.1) is 0 Å². The predicted molar refractivity (Wildman–Crippen MR) is 77.7 cm³/mol. The molecule has 0 rings (SSSR count). The number of rotatable bonds is 10. The molecule has 0 aromatic heterocycles. The van der Waals surface area contributed by atoms with Gasteiger partial charge in [-0.15, -0.1) is 6.58 Å². The van der Waals surface area contributed by atoms with Gasteiger partial charge in [-0.25, -0.2) is 0 Å². The second-order valence-electron chi connectivity index (χ2n) is 5.03. The summed E-state index contributed by atoms with van der Waals surface area (Å²) < 4.78 is 17.8. The molecule has 0 bridgehead atoms. The van der Waals surface area contributed by atoms with Crippen molar-refractivity contribution in [2.75, 3.05) is 13.2 Å². The van der Waals surface area contributed by atoms with Crippen molar-refractivity contribution in [3.63, 3.8) is 0 Å². The molecule has 0 spiro atoms. The minimum atomic E-state index is -2.05. The van der Waals surface area contributed by atoms with E-state index in [4.69, 9.17) is 13.0 Å². The van der Waals surface area contributed by atoms with Crippen LogP contribution in [0.15, 0.2) is 12.7 Å². The molecule has 0 atom stereocenters. The Bertz CT molecular complexity index is 218. The van der Waals surface area contributed by atoms with Gasteiger partial charge in [0.05, 0.1) is 0 Å². The average molecular weight is 277 g/mol. The van der Waals surface area contributed by atoms with Crippen molar-refractivity contribution in [3.05, 3.63) is 12.7 Å². The third-order valence-corrected chi connectivity index (χ3v) is 7.94. The van der Waals surface area contributed by atoms with Crippen LogP contribution in [-0.4, -0.2) is 30.3 Å². The topological polar surface area (TPSA) is 27.7 Å². The highest BCUT2D eigenvalue weighted by molar-refractivity contribution is 6.78. The Labute approximate surface area is 109 Å². The van der Waals surface area contributed by atoms with Crippen molar-refractivity contribution in [1.29, 1.82) is 0 Å². The fourth-order valence-corrected chi connectivity index (χ4v) is 7.95. The van der Waals surface area contributed by atoms with Gasteiger partial charge in [0.25, 0.3) is 0 Å². The molecule has 0 heterocycles. The van der Waals surface area contributed by atoms with Crippen LogP contribution in [0.2, 0.25) is 26.2 Å². The summed E-state index contributed by atoms with van der Waals surface area (Å²) in [5.74, 6) is 0. The van der Waals surface area contributed by atoms with Gasteiger partial charge in [-0.3, -0.25) is 0 Å². The van der Waals surface area contributed by atoms with Crippen molar-refractivity contribution in [2.24, 2.45) is 0 Å². The molecule has 0 aliphatic carbocycles. The van der Waals surface area contributed by atoms with E-state index in [0.29, 0.717) is 6.61 Å². The second-order valence-corrected chi connectivity index (χ2v) is 12.0. The van der Waals surface area contributed by atoms with Crippen molar-refractivity contribution < 1.29 is 13.0 Å². The lowest BCUT2D eigenvalue weighted by Crippen LogP contribution is -2.48. The molecule has 0 saturated heterocycles. The van der Waals surface area contributed by atoms with Crippen LogP contribution in [-0.2, 0) is 13.0 Å².